The lowest BCUT2D eigenvalue weighted by Gasteiger charge is -2.16. The van der Waals surface area contributed by atoms with Crippen LogP contribution in [0.3, 0.4) is 0 Å². The van der Waals surface area contributed by atoms with E-state index in [0.717, 1.165) is 10.6 Å². The lowest BCUT2D eigenvalue weighted by Crippen LogP contribution is -2.29. The number of guanidine groups is 1. The fourth-order valence-electron chi connectivity index (χ4n) is 2.71. The number of ether oxygens (including phenoxy) is 2. The molecule has 2 rings (SSSR count). The molecule has 0 spiro atoms. The Labute approximate surface area is 199 Å². The minimum atomic E-state index is -3.42. The number of nitrogens with two attached hydrogens (primary N) is 1. The maximum Gasteiger partial charge on any atom is 0.252 e. The largest absolute Gasteiger partial charge is 0.493 e. The number of hydrogen-bond acceptors (Lipinski definition) is 6. The summed E-state index contributed by atoms with van der Waals surface area (Å²) in [5, 5.41) is 3.01. The van der Waals surface area contributed by atoms with Crippen LogP contribution < -0.4 is 20.5 Å². The van der Waals surface area contributed by atoms with Gasteiger partial charge in [-0.15, -0.1) is 35.3 Å². The van der Waals surface area contributed by atoms with Crippen LogP contribution in [0, 0.1) is 0 Å². The normalized spacial score (nSPS) is 11.8. The van der Waals surface area contributed by atoms with E-state index in [4.69, 9.17) is 15.2 Å². The molecule has 0 saturated carbocycles. The molecule has 0 aliphatic heterocycles. The van der Waals surface area contributed by atoms with Crippen LogP contribution in [0.5, 0.6) is 11.5 Å². The average Bonchev–Trinajstić information content (AvgIpc) is 3.18. The van der Waals surface area contributed by atoms with Gasteiger partial charge in [0.15, 0.2) is 17.5 Å². The van der Waals surface area contributed by atoms with Crippen molar-refractivity contribution >= 4 is 57.0 Å². The number of sulfonamides is 1. The fraction of sp³-hybridized carbons (Fsp3) is 0.421. The zero-order valence-corrected chi connectivity index (χ0v) is 21.5. The Morgan fingerprint density at radius 3 is 2.40 bits per heavy atom. The molecule has 3 N–H and O–H groups in total. The maximum atomic E-state index is 12.6. The van der Waals surface area contributed by atoms with Crippen LogP contribution in [0.2, 0.25) is 0 Å². The molecule has 0 atom stereocenters. The van der Waals surface area contributed by atoms with Gasteiger partial charge in [0.05, 0.1) is 14.2 Å². The Hall–Kier alpha value is -1.57. The summed E-state index contributed by atoms with van der Waals surface area (Å²) in [4.78, 5) is 5.25. The van der Waals surface area contributed by atoms with Gasteiger partial charge in [-0.3, -0.25) is 4.99 Å². The van der Waals surface area contributed by atoms with E-state index in [-0.39, 0.29) is 29.9 Å². The molecule has 0 aliphatic rings. The van der Waals surface area contributed by atoms with E-state index < -0.39 is 10.0 Å². The number of anilines is 1. The van der Waals surface area contributed by atoms with Gasteiger partial charge in [0.1, 0.15) is 4.21 Å². The van der Waals surface area contributed by atoms with Crippen molar-refractivity contribution in [1.29, 1.82) is 0 Å². The number of nitrogens with one attached hydrogen (secondary N) is 1. The number of thiophene rings is 1. The molecule has 8 nitrogen and oxygen atoms in total. The van der Waals surface area contributed by atoms with Crippen LogP contribution >= 0.6 is 35.3 Å². The Balaban J connectivity index is 0.00000450. The van der Waals surface area contributed by atoms with Gasteiger partial charge >= 0.3 is 0 Å². The van der Waals surface area contributed by atoms with E-state index in [0.29, 0.717) is 41.8 Å². The Morgan fingerprint density at radius 1 is 1.13 bits per heavy atom. The fourth-order valence-corrected chi connectivity index (χ4v) is 5.67. The predicted molar refractivity (Wildman–Crippen MR) is 133 cm³/mol. The summed E-state index contributed by atoms with van der Waals surface area (Å²) in [6.07, 6.45) is 0.604. The second-order valence-electron chi connectivity index (χ2n) is 6.02. The first kappa shape index (κ1) is 26.5. The summed E-state index contributed by atoms with van der Waals surface area (Å²) < 4.78 is 37.4. The first-order chi connectivity index (χ1) is 13.8. The summed E-state index contributed by atoms with van der Waals surface area (Å²) >= 11 is 1.27. The molecule has 11 heteroatoms. The van der Waals surface area contributed by atoms with Crippen LogP contribution in [0.15, 0.2) is 39.5 Å². The molecular formula is C19H29IN4O4S2. The molecule has 2 aromatic rings. The molecule has 0 fully saturated rings. The van der Waals surface area contributed by atoms with E-state index >= 15 is 0 Å². The maximum absolute atomic E-state index is 12.6. The molecule has 0 radical (unpaired) electrons. The van der Waals surface area contributed by atoms with Gasteiger partial charge in [0.25, 0.3) is 10.0 Å². The quantitative estimate of drug-likeness (QED) is 0.259. The van der Waals surface area contributed by atoms with E-state index in [1.165, 1.54) is 15.6 Å². The number of rotatable bonds is 10. The third-order valence-corrected chi connectivity index (χ3v) is 7.90. The zero-order chi connectivity index (χ0) is 21.4. The average molecular weight is 569 g/mol. The van der Waals surface area contributed by atoms with Gasteiger partial charge in [-0.2, -0.15) is 4.31 Å². The number of benzene rings is 1. The van der Waals surface area contributed by atoms with Crippen molar-refractivity contribution in [3.05, 3.63) is 35.2 Å². The first-order valence-electron chi connectivity index (χ1n) is 9.23. The summed E-state index contributed by atoms with van der Waals surface area (Å²) in [5.41, 5.74) is 6.68. The van der Waals surface area contributed by atoms with Gasteiger partial charge < -0.3 is 20.5 Å². The molecule has 1 heterocycles. The number of nitrogens with zero attached hydrogens (tertiary/aromatic N) is 2. The van der Waals surface area contributed by atoms with Crippen LogP contribution in [-0.2, 0) is 16.4 Å². The van der Waals surface area contributed by atoms with Crippen molar-refractivity contribution < 1.29 is 17.9 Å². The Kier molecular flexibility index (Phi) is 10.9. The predicted octanol–water partition coefficient (Wildman–Crippen LogP) is 3.38. The van der Waals surface area contributed by atoms with Crippen LogP contribution in [0.25, 0.3) is 0 Å². The summed E-state index contributed by atoms with van der Waals surface area (Å²) in [6, 6.07) is 8.84. The molecule has 1 aromatic carbocycles. The number of aliphatic imine (C=N–C) groups is 1. The minimum Gasteiger partial charge on any atom is -0.493 e. The summed E-state index contributed by atoms with van der Waals surface area (Å²) in [6.45, 7) is 5.01. The van der Waals surface area contributed by atoms with Gasteiger partial charge in [-0.1, -0.05) is 13.8 Å². The highest BCUT2D eigenvalue weighted by molar-refractivity contribution is 14.0. The highest BCUT2D eigenvalue weighted by Gasteiger charge is 2.23. The number of methoxy groups -OCH3 is 2. The van der Waals surface area contributed by atoms with E-state index in [1.807, 2.05) is 26.0 Å². The second kappa shape index (κ2) is 12.3. The molecule has 0 unspecified atom stereocenters. The van der Waals surface area contributed by atoms with Crippen molar-refractivity contribution in [2.75, 3.05) is 39.2 Å². The second-order valence-corrected chi connectivity index (χ2v) is 9.35. The Morgan fingerprint density at radius 2 is 1.80 bits per heavy atom. The monoisotopic (exact) mass is 568 g/mol. The van der Waals surface area contributed by atoms with Crippen LogP contribution in [0.1, 0.15) is 18.7 Å². The number of hydrogen-bond donors (Lipinski definition) is 2. The van der Waals surface area contributed by atoms with Crippen LogP contribution in [0.4, 0.5) is 5.69 Å². The lowest BCUT2D eigenvalue weighted by atomic mass is 10.3. The molecular weight excluding hydrogens is 539 g/mol. The third kappa shape index (κ3) is 6.72. The standard InChI is InChI=1S/C19H28N4O4S2.HI/c1-5-23(6-2)29(24,25)18-10-8-15(28-18)11-12-21-19(20)22-14-7-9-16(26-3)17(13-14)27-4;/h7-10,13H,5-6,11-12H2,1-4H3,(H3,20,21,22);1H. The van der Waals surface area contributed by atoms with Crippen molar-refractivity contribution in [3.63, 3.8) is 0 Å². The SMILES string of the molecule is CCN(CC)S(=O)(=O)c1ccc(CCN=C(N)Nc2ccc(OC)c(OC)c2)s1.I. The molecule has 168 valence electrons. The first-order valence-corrected chi connectivity index (χ1v) is 11.5. The van der Waals surface area contributed by atoms with Crippen molar-refractivity contribution in [2.45, 2.75) is 24.5 Å². The van der Waals surface area contributed by atoms with Gasteiger partial charge in [0, 0.05) is 42.7 Å². The van der Waals surface area contributed by atoms with Crippen LogP contribution in [-0.4, -0.2) is 52.5 Å². The van der Waals surface area contributed by atoms with E-state index in [2.05, 4.69) is 10.3 Å². The molecule has 1 aromatic heterocycles. The van der Waals surface area contributed by atoms with E-state index in [1.54, 1.807) is 32.4 Å². The van der Waals surface area contributed by atoms with Gasteiger partial charge in [0.2, 0.25) is 0 Å². The molecule has 30 heavy (non-hydrogen) atoms. The summed E-state index contributed by atoms with van der Waals surface area (Å²) in [5.74, 6) is 1.48. The molecule has 0 aliphatic carbocycles. The highest BCUT2D eigenvalue weighted by Crippen LogP contribution is 2.29. The minimum absolute atomic E-state index is 0. The topological polar surface area (TPSA) is 106 Å². The van der Waals surface area contributed by atoms with Gasteiger partial charge in [-0.05, 0) is 24.3 Å². The summed E-state index contributed by atoms with van der Waals surface area (Å²) in [7, 11) is -0.280. The number of halogens is 1. The third-order valence-electron chi connectivity index (χ3n) is 4.23. The molecule has 0 amide bonds. The zero-order valence-electron chi connectivity index (χ0n) is 17.5. The Bertz CT molecular complexity index is 944. The van der Waals surface area contributed by atoms with Gasteiger partial charge in [-0.25, -0.2) is 8.42 Å². The van der Waals surface area contributed by atoms with Crippen molar-refractivity contribution in [1.82, 2.24) is 4.31 Å². The lowest BCUT2D eigenvalue weighted by molar-refractivity contribution is 0.355. The molecule has 0 bridgehead atoms. The molecule has 0 saturated heterocycles. The van der Waals surface area contributed by atoms with Crippen molar-refractivity contribution in [2.24, 2.45) is 10.7 Å². The van der Waals surface area contributed by atoms with Crippen molar-refractivity contribution in [3.8, 4) is 11.5 Å². The smallest absolute Gasteiger partial charge is 0.252 e. The highest BCUT2D eigenvalue weighted by atomic mass is 127. The van der Waals surface area contributed by atoms with E-state index in [9.17, 15) is 8.42 Å².